The highest BCUT2D eigenvalue weighted by Gasteiger charge is 2.44. The summed E-state index contributed by atoms with van der Waals surface area (Å²) >= 11 is 4.40. The second-order valence-corrected chi connectivity index (χ2v) is 5.81. The number of thioether (sulfide) groups is 2. The van der Waals surface area contributed by atoms with Gasteiger partial charge in [0.2, 0.25) is 0 Å². The van der Waals surface area contributed by atoms with Gasteiger partial charge in [-0.15, -0.1) is 0 Å². The molecule has 0 fully saturated rings. The molecule has 0 bridgehead atoms. The third kappa shape index (κ3) is 4.47. The van der Waals surface area contributed by atoms with Gasteiger partial charge in [0.1, 0.15) is 0 Å². The molecular formula is C6H4ClF4NS2. The van der Waals surface area contributed by atoms with Gasteiger partial charge in [-0.05, 0) is 23.9 Å². The van der Waals surface area contributed by atoms with Crippen LogP contribution in [0.15, 0.2) is 23.4 Å². The van der Waals surface area contributed by atoms with E-state index in [2.05, 4.69) is 4.98 Å². The Kier molecular flexibility index (Phi) is 3.65. The standard InChI is InChI=1S/C6H4ClF4NS2/c7-5(8,14-6(9,10)11)13-4-2-1-3-12-4/h1-3,12H. The van der Waals surface area contributed by atoms with E-state index in [9.17, 15) is 17.6 Å². The zero-order valence-electron chi connectivity index (χ0n) is 6.44. The summed E-state index contributed by atoms with van der Waals surface area (Å²) in [5, 5.41) is 0.235. The molecule has 0 aliphatic heterocycles. The third-order valence-corrected chi connectivity index (χ3v) is 3.18. The van der Waals surface area contributed by atoms with E-state index in [0.29, 0.717) is 0 Å². The fourth-order valence-electron chi connectivity index (χ4n) is 0.661. The van der Waals surface area contributed by atoms with Gasteiger partial charge in [-0.25, -0.2) is 4.39 Å². The Labute approximate surface area is 90.6 Å². The number of nitrogens with one attached hydrogen (secondary N) is 1. The molecule has 8 heteroatoms. The molecule has 1 heterocycles. The van der Waals surface area contributed by atoms with Crippen molar-refractivity contribution in [2.45, 2.75) is 14.3 Å². The second kappa shape index (κ2) is 4.24. The number of hydrogen-bond acceptors (Lipinski definition) is 2. The van der Waals surface area contributed by atoms with Crippen LogP contribution in [0.2, 0.25) is 0 Å². The van der Waals surface area contributed by atoms with E-state index >= 15 is 0 Å². The maximum Gasteiger partial charge on any atom is 0.446 e. The topological polar surface area (TPSA) is 15.8 Å². The van der Waals surface area contributed by atoms with Gasteiger partial charge in [0.15, 0.2) is 0 Å². The molecule has 1 rings (SSSR count). The Morgan fingerprint density at radius 1 is 1.29 bits per heavy atom. The Morgan fingerprint density at radius 3 is 2.36 bits per heavy atom. The number of aromatic nitrogens is 1. The summed E-state index contributed by atoms with van der Waals surface area (Å²) < 4.78 is 45.5. The van der Waals surface area contributed by atoms with Crippen LogP contribution in [-0.2, 0) is 0 Å². The normalized spacial score (nSPS) is 16.6. The van der Waals surface area contributed by atoms with Crippen LogP contribution in [0, 0.1) is 0 Å². The molecule has 0 aliphatic rings. The molecule has 0 saturated carbocycles. The molecule has 1 nitrogen and oxygen atoms in total. The van der Waals surface area contributed by atoms with Crippen LogP contribution in [0.25, 0.3) is 0 Å². The average molecular weight is 266 g/mol. The second-order valence-electron chi connectivity index (χ2n) is 2.15. The van der Waals surface area contributed by atoms with E-state index in [1.54, 1.807) is 0 Å². The molecule has 1 N–H and O–H groups in total. The van der Waals surface area contributed by atoms with Crippen molar-refractivity contribution in [1.29, 1.82) is 0 Å². The van der Waals surface area contributed by atoms with Crippen LogP contribution >= 0.6 is 35.1 Å². The molecule has 0 saturated heterocycles. The van der Waals surface area contributed by atoms with E-state index in [0.717, 1.165) is 0 Å². The number of alkyl halides is 5. The highest BCUT2D eigenvalue weighted by atomic mass is 35.5. The molecule has 1 unspecified atom stereocenters. The van der Waals surface area contributed by atoms with E-state index in [1.807, 2.05) is 0 Å². The minimum absolute atomic E-state index is 0.235. The summed E-state index contributed by atoms with van der Waals surface area (Å²) in [5.41, 5.74) is -4.70. The lowest BCUT2D eigenvalue weighted by Crippen LogP contribution is -2.12. The predicted octanol–water partition coefficient (Wildman–Crippen LogP) is 4.18. The number of aromatic amines is 1. The van der Waals surface area contributed by atoms with Crippen molar-refractivity contribution in [3.63, 3.8) is 0 Å². The Bertz CT molecular complexity index is 285. The first-order valence-corrected chi connectivity index (χ1v) is 5.27. The average Bonchev–Trinajstić information content (AvgIpc) is 2.31. The molecule has 0 aromatic carbocycles. The van der Waals surface area contributed by atoms with Gasteiger partial charge in [-0.1, -0.05) is 11.6 Å². The predicted molar refractivity (Wildman–Crippen MR) is 50.0 cm³/mol. The van der Waals surface area contributed by atoms with Gasteiger partial charge in [0.25, 0.3) is 3.79 Å². The van der Waals surface area contributed by atoms with Gasteiger partial charge in [-0.3, -0.25) is 0 Å². The Balaban J connectivity index is 2.58. The fourth-order valence-corrected chi connectivity index (χ4v) is 2.69. The lowest BCUT2D eigenvalue weighted by atomic mass is 10.7. The molecule has 14 heavy (non-hydrogen) atoms. The molecule has 0 aliphatic carbocycles. The van der Waals surface area contributed by atoms with Crippen molar-refractivity contribution in [3.8, 4) is 0 Å². The van der Waals surface area contributed by atoms with Crippen LogP contribution in [-0.4, -0.2) is 14.3 Å². The Hall–Kier alpha value is -0.0100. The van der Waals surface area contributed by atoms with E-state index in [1.165, 1.54) is 18.3 Å². The van der Waals surface area contributed by atoms with Crippen LogP contribution < -0.4 is 0 Å². The van der Waals surface area contributed by atoms with Crippen molar-refractivity contribution < 1.29 is 17.6 Å². The van der Waals surface area contributed by atoms with Gasteiger partial charge in [-0.2, -0.15) is 13.2 Å². The minimum atomic E-state index is -4.70. The van der Waals surface area contributed by atoms with Gasteiger partial charge >= 0.3 is 5.51 Å². The van der Waals surface area contributed by atoms with E-state index < -0.39 is 21.1 Å². The quantitative estimate of drug-likeness (QED) is 0.382. The molecule has 1 aromatic heterocycles. The summed E-state index contributed by atoms with van der Waals surface area (Å²) in [6.45, 7) is 0. The van der Waals surface area contributed by atoms with Gasteiger partial charge in [0.05, 0.1) is 5.03 Å². The first kappa shape index (κ1) is 12.1. The molecular weight excluding hydrogens is 262 g/mol. The number of hydrogen-bond donors (Lipinski definition) is 1. The van der Waals surface area contributed by atoms with Crippen LogP contribution in [0.5, 0.6) is 0 Å². The highest BCUT2D eigenvalue weighted by Crippen LogP contribution is 2.52. The lowest BCUT2D eigenvalue weighted by Gasteiger charge is -2.16. The van der Waals surface area contributed by atoms with Gasteiger partial charge in [0, 0.05) is 18.0 Å². The Morgan fingerprint density at radius 2 is 1.93 bits per heavy atom. The smallest absolute Gasteiger partial charge is 0.356 e. The first-order chi connectivity index (χ1) is 6.29. The molecule has 80 valence electrons. The fraction of sp³-hybridized carbons (Fsp3) is 0.333. The van der Waals surface area contributed by atoms with E-state index in [-0.39, 0.29) is 16.8 Å². The number of H-pyrrole nitrogens is 1. The maximum atomic E-state index is 13.1. The summed E-state index contributed by atoms with van der Waals surface area (Å²) in [4.78, 5) is 2.54. The summed E-state index contributed by atoms with van der Waals surface area (Å²) in [6.07, 6.45) is 1.47. The SMILES string of the molecule is FC(F)(F)SC(F)(Cl)Sc1ccc[nH]1. The third-order valence-electron chi connectivity index (χ3n) is 1.03. The molecule has 1 atom stereocenters. The number of rotatable bonds is 3. The number of halogens is 5. The first-order valence-electron chi connectivity index (χ1n) is 3.26. The maximum absolute atomic E-state index is 13.1. The van der Waals surface area contributed by atoms with Crippen molar-refractivity contribution >= 4 is 35.1 Å². The van der Waals surface area contributed by atoms with Crippen molar-refractivity contribution in [2.24, 2.45) is 0 Å². The largest absolute Gasteiger partial charge is 0.446 e. The summed E-state index contributed by atoms with van der Waals surface area (Å²) in [6, 6.07) is 2.96. The zero-order valence-corrected chi connectivity index (χ0v) is 8.83. The minimum Gasteiger partial charge on any atom is -0.356 e. The molecule has 1 aromatic rings. The zero-order chi connectivity index (χ0) is 10.8. The van der Waals surface area contributed by atoms with Crippen LogP contribution in [0.1, 0.15) is 0 Å². The van der Waals surface area contributed by atoms with Crippen molar-refractivity contribution in [1.82, 2.24) is 4.98 Å². The summed E-state index contributed by atoms with van der Waals surface area (Å²) in [7, 11) is 0. The molecule has 0 radical (unpaired) electrons. The highest BCUT2D eigenvalue weighted by molar-refractivity contribution is 8.20. The monoisotopic (exact) mass is 265 g/mol. The summed E-state index contributed by atoms with van der Waals surface area (Å²) in [5.74, 6) is 0. The molecule has 0 amide bonds. The van der Waals surface area contributed by atoms with Crippen molar-refractivity contribution in [2.75, 3.05) is 0 Å². The van der Waals surface area contributed by atoms with Crippen LogP contribution in [0.4, 0.5) is 17.6 Å². The van der Waals surface area contributed by atoms with Crippen LogP contribution in [0.3, 0.4) is 0 Å². The van der Waals surface area contributed by atoms with Gasteiger partial charge < -0.3 is 4.98 Å². The van der Waals surface area contributed by atoms with E-state index in [4.69, 9.17) is 11.6 Å². The molecule has 0 spiro atoms. The van der Waals surface area contributed by atoms with Crippen molar-refractivity contribution in [3.05, 3.63) is 18.3 Å². The lowest BCUT2D eigenvalue weighted by molar-refractivity contribution is -0.0339.